The summed E-state index contributed by atoms with van der Waals surface area (Å²) < 4.78 is 84.2. The van der Waals surface area contributed by atoms with Gasteiger partial charge in [-0.2, -0.15) is 13.2 Å². The van der Waals surface area contributed by atoms with Gasteiger partial charge in [0, 0.05) is 6.07 Å². The van der Waals surface area contributed by atoms with E-state index in [0.29, 0.717) is 22.7 Å². The van der Waals surface area contributed by atoms with Crippen LogP contribution in [-0.2, 0) is 6.18 Å². The van der Waals surface area contributed by atoms with Crippen molar-refractivity contribution in [2.45, 2.75) is 6.18 Å². The first-order valence-corrected chi connectivity index (χ1v) is 7.95. The highest BCUT2D eigenvalue weighted by Gasteiger charge is 2.30. The van der Waals surface area contributed by atoms with Crippen LogP contribution in [-0.4, -0.2) is 4.98 Å². The highest BCUT2D eigenvalue weighted by atomic mass is 19.4. The van der Waals surface area contributed by atoms with Gasteiger partial charge in [-0.3, -0.25) is 0 Å². The minimum Gasteiger partial charge on any atom is -0.436 e. The first-order valence-electron chi connectivity index (χ1n) is 7.95. The number of hydrogen-bond donors (Lipinski definition) is 0. The Labute approximate surface area is 154 Å². The molecular weight excluding hydrogens is 384 g/mol. The maximum Gasteiger partial charge on any atom is 0.416 e. The van der Waals surface area contributed by atoms with E-state index in [1.54, 1.807) is 6.07 Å². The zero-order valence-electron chi connectivity index (χ0n) is 13.8. The molecule has 0 bridgehead atoms. The van der Waals surface area contributed by atoms with Crippen molar-refractivity contribution in [3.8, 4) is 22.6 Å². The predicted octanol–water partition coefficient (Wildman–Crippen LogP) is 6.60. The summed E-state index contributed by atoms with van der Waals surface area (Å²) in [6.07, 6.45) is -4.44. The summed E-state index contributed by atoms with van der Waals surface area (Å²) in [5.41, 5.74) is 0.282. The van der Waals surface area contributed by atoms with Crippen LogP contribution in [0.3, 0.4) is 0 Å². The van der Waals surface area contributed by atoms with E-state index in [0.717, 1.165) is 18.2 Å². The van der Waals surface area contributed by atoms with Crippen molar-refractivity contribution in [1.82, 2.24) is 4.98 Å². The third kappa shape index (κ3) is 3.21. The van der Waals surface area contributed by atoms with Crippen LogP contribution in [0.1, 0.15) is 5.56 Å². The average Bonchev–Trinajstić information content (AvgIpc) is 3.07. The lowest BCUT2D eigenvalue weighted by Crippen LogP contribution is -2.03. The lowest BCUT2D eigenvalue weighted by Gasteiger charge is -2.07. The van der Waals surface area contributed by atoms with Crippen LogP contribution in [0.15, 0.2) is 59.0 Å². The number of alkyl halides is 3. The molecule has 8 heteroatoms. The number of fused-ring (bicyclic) bond motifs is 1. The molecule has 0 saturated heterocycles. The van der Waals surface area contributed by atoms with Gasteiger partial charge in [0.15, 0.2) is 17.2 Å². The highest BCUT2D eigenvalue weighted by Crippen LogP contribution is 2.33. The molecule has 0 radical (unpaired) electrons. The molecule has 1 aromatic heterocycles. The first-order chi connectivity index (χ1) is 13.2. The predicted molar refractivity (Wildman–Crippen MR) is 89.8 cm³/mol. The minimum absolute atomic E-state index is 0.191. The molecule has 3 aromatic carbocycles. The Bertz CT molecular complexity index is 1180. The molecule has 2 nitrogen and oxygen atoms in total. The number of rotatable bonds is 2. The molecular formula is C20H9F6NO. The fraction of sp³-hybridized carbons (Fsp3) is 0.0500. The Morgan fingerprint density at radius 1 is 0.786 bits per heavy atom. The molecule has 0 aliphatic rings. The molecule has 0 aliphatic heterocycles. The van der Waals surface area contributed by atoms with Crippen molar-refractivity contribution in [1.29, 1.82) is 0 Å². The Balaban J connectivity index is 1.75. The van der Waals surface area contributed by atoms with E-state index in [9.17, 15) is 26.3 Å². The van der Waals surface area contributed by atoms with E-state index < -0.39 is 34.8 Å². The van der Waals surface area contributed by atoms with Crippen molar-refractivity contribution in [2.24, 2.45) is 0 Å². The minimum atomic E-state index is -4.44. The van der Waals surface area contributed by atoms with Crippen molar-refractivity contribution < 1.29 is 30.8 Å². The summed E-state index contributed by atoms with van der Waals surface area (Å²) in [5, 5.41) is 0. The summed E-state index contributed by atoms with van der Waals surface area (Å²) in [6.45, 7) is 0. The van der Waals surface area contributed by atoms with Crippen molar-refractivity contribution in [3.63, 3.8) is 0 Å². The van der Waals surface area contributed by atoms with Gasteiger partial charge < -0.3 is 4.42 Å². The Kier molecular flexibility index (Phi) is 4.14. The average molecular weight is 393 g/mol. The van der Waals surface area contributed by atoms with Gasteiger partial charge in [-0.05, 0) is 41.5 Å². The van der Waals surface area contributed by atoms with Crippen LogP contribution in [0, 0.1) is 17.5 Å². The summed E-state index contributed by atoms with van der Waals surface area (Å²) in [7, 11) is 0. The molecule has 4 aromatic rings. The van der Waals surface area contributed by atoms with Crippen molar-refractivity contribution in [3.05, 3.63) is 77.6 Å². The standard InChI is InChI=1S/C20H9F6NO/c21-13-8-14(18(23)15(22)9-13)19-27-16-6-3-11(7-17(16)28-19)10-1-4-12(5-2-10)20(24,25)26/h1-9H. The second-order valence-corrected chi connectivity index (χ2v) is 6.03. The van der Waals surface area contributed by atoms with Gasteiger partial charge in [0.25, 0.3) is 0 Å². The molecule has 0 unspecified atom stereocenters. The molecule has 0 saturated carbocycles. The molecule has 28 heavy (non-hydrogen) atoms. The van der Waals surface area contributed by atoms with Crippen LogP contribution in [0.5, 0.6) is 0 Å². The summed E-state index contributed by atoms with van der Waals surface area (Å²) >= 11 is 0. The van der Waals surface area contributed by atoms with Gasteiger partial charge in [-0.1, -0.05) is 18.2 Å². The third-order valence-corrected chi connectivity index (χ3v) is 4.16. The van der Waals surface area contributed by atoms with Crippen LogP contribution in [0.4, 0.5) is 26.3 Å². The SMILES string of the molecule is Fc1cc(F)c(F)c(-c2nc3ccc(-c4ccc(C(F)(F)F)cc4)cc3o2)c1. The fourth-order valence-electron chi connectivity index (χ4n) is 2.78. The smallest absolute Gasteiger partial charge is 0.416 e. The largest absolute Gasteiger partial charge is 0.436 e. The maximum absolute atomic E-state index is 13.9. The lowest BCUT2D eigenvalue weighted by molar-refractivity contribution is -0.137. The van der Waals surface area contributed by atoms with Crippen LogP contribution >= 0.6 is 0 Å². The Morgan fingerprint density at radius 2 is 1.46 bits per heavy atom. The summed E-state index contributed by atoms with van der Waals surface area (Å²) in [6, 6.07) is 10.3. The summed E-state index contributed by atoms with van der Waals surface area (Å²) in [5.74, 6) is -3.96. The van der Waals surface area contributed by atoms with Crippen LogP contribution < -0.4 is 0 Å². The van der Waals surface area contributed by atoms with Crippen molar-refractivity contribution >= 4 is 11.1 Å². The quantitative estimate of drug-likeness (QED) is 0.283. The van der Waals surface area contributed by atoms with Gasteiger partial charge >= 0.3 is 6.18 Å². The maximum atomic E-state index is 13.9. The molecule has 142 valence electrons. The molecule has 0 N–H and O–H groups in total. The number of oxazole rings is 1. The second-order valence-electron chi connectivity index (χ2n) is 6.03. The van der Waals surface area contributed by atoms with E-state index in [4.69, 9.17) is 4.42 Å². The lowest BCUT2D eigenvalue weighted by atomic mass is 10.0. The van der Waals surface area contributed by atoms with Crippen LogP contribution in [0.2, 0.25) is 0 Å². The molecule has 0 atom stereocenters. The van der Waals surface area contributed by atoms with Gasteiger partial charge in [0.1, 0.15) is 11.3 Å². The Hall–Kier alpha value is -3.29. The zero-order chi connectivity index (χ0) is 20.1. The monoisotopic (exact) mass is 393 g/mol. The number of aromatic nitrogens is 1. The molecule has 0 fully saturated rings. The topological polar surface area (TPSA) is 26.0 Å². The van der Waals surface area contributed by atoms with E-state index >= 15 is 0 Å². The van der Waals surface area contributed by atoms with E-state index in [1.165, 1.54) is 24.3 Å². The summed E-state index contributed by atoms with van der Waals surface area (Å²) in [4.78, 5) is 4.02. The second kappa shape index (κ2) is 6.40. The number of benzene rings is 3. The molecule has 0 aliphatic carbocycles. The first kappa shape index (κ1) is 18.1. The van der Waals surface area contributed by atoms with Crippen molar-refractivity contribution in [2.75, 3.05) is 0 Å². The number of hydrogen-bond acceptors (Lipinski definition) is 2. The normalized spacial score (nSPS) is 11.9. The fourth-order valence-corrected chi connectivity index (χ4v) is 2.78. The van der Waals surface area contributed by atoms with Gasteiger partial charge in [-0.25, -0.2) is 18.2 Å². The third-order valence-electron chi connectivity index (χ3n) is 4.16. The highest BCUT2D eigenvalue weighted by molar-refractivity contribution is 5.82. The van der Waals surface area contributed by atoms with E-state index in [2.05, 4.69) is 4.98 Å². The zero-order valence-corrected chi connectivity index (χ0v) is 13.8. The van der Waals surface area contributed by atoms with Gasteiger partial charge in [-0.15, -0.1) is 0 Å². The Morgan fingerprint density at radius 3 is 2.14 bits per heavy atom. The molecule has 1 heterocycles. The van der Waals surface area contributed by atoms with E-state index in [-0.39, 0.29) is 11.5 Å². The van der Waals surface area contributed by atoms with Gasteiger partial charge in [0.05, 0.1) is 11.1 Å². The number of halogens is 6. The molecule has 0 spiro atoms. The van der Waals surface area contributed by atoms with Gasteiger partial charge in [0.2, 0.25) is 5.89 Å². The molecule has 0 amide bonds. The van der Waals surface area contributed by atoms with E-state index in [1.807, 2.05) is 0 Å². The molecule has 4 rings (SSSR count). The number of nitrogens with zero attached hydrogens (tertiary/aromatic N) is 1. The van der Waals surface area contributed by atoms with Crippen LogP contribution in [0.25, 0.3) is 33.7 Å².